The van der Waals surface area contributed by atoms with Gasteiger partial charge in [0.05, 0.1) is 41.7 Å². The van der Waals surface area contributed by atoms with E-state index in [1.165, 1.54) is 6.20 Å². The molecule has 52 heavy (non-hydrogen) atoms. The molecule has 2 N–H and O–H groups in total. The van der Waals surface area contributed by atoms with Gasteiger partial charge < -0.3 is 19.9 Å². The van der Waals surface area contributed by atoms with Crippen LogP contribution in [0.3, 0.4) is 0 Å². The number of benzene rings is 2. The third kappa shape index (κ3) is 5.33. The average molecular weight is 703 g/mol. The number of piperidine rings is 1. The van der Waals surface area contributed by atoms with E-state index in [0.717, 1.165) is 60.6 Å². The summed E-state index contributed by atoms with van der Waals surface area (Å²) < 4.78 is 9.17. The van der Waals surface area contributed by atoms with E-state index in [9.17, 15) is 24.0 Å². The van der Waals surface area contributed by atoms with E-state index in [2.05, 4.69) is 30.5 Å². The van der Waals surface area contributed by atoms with Gasteiger partial charge in [-0.05, 0) is 43.2 Å². The van der Waals surface area contributed by atoms with Crippen molar-refractivity contribution in [2.75, 3.05) is 50.1 Å². The summed E-state index contributed by atoms with van der Waals surface area (Å²) in [5.74, 6) is -1.40. The smallest absolute Gasteiger partial charge is 0.262 e. The summed E-state index contributed by atoms with van der Waals surface area (Å²) in [5, 5.41) is 15.2. The Morgan fingerprint density at radius 3 is 2.71 bits per heavy atom. The Morgan fingerprint density at radius 1 is 1.04 bits per heavy atom. The van der Waals surface area contributed by atoms with Gasteiger partial charge in [-0.1, -0.05) is 0 Å². The third-order valence-electron chi connectivity index (χ3n) is 10.5. The van der Waals surface area contributed by atoms with Gasteiger partial charge in [0, 0.05) is 80.8 Å². The molecule has 2 atom stereocenters. The summed E-state index contributed by atoms with van der Waals surface area (Å²) in [6.07, 6.45) is 8.03. The first-order valence-corrected chi connectivity index (χ1v) is 17.2. The number of nitrogens with one attached hydrogen (secondary N) is 2. The van der Waals surface area contributed by atoms with Crippen LogP contribution in [0.15, 0.2) is 61.2 Å². The number of imide groups is 2. The second-order valence-corrected chi connectivity index (χ2v) is 13.8. The number of hydrogen-bond acceptors (Lipinski definition) is 11. The normalized spacial score (nSPS) is 20.9. The predicted molar refractivity (Wildman–Crippen MR) is 186 cm³/mol. The maximum Gasteiger partial charge on any atom is 0.262 e. The topological polar surface area (TPSA) is 176 Å². The number of likely N-dealkylation sites (tertiary alicyclic amines) is 1. The van der Waals surface area contributed by atoms with E-state index in [1.807, 2.05) is 29.1 Å². The SMILES string of the molecule is COc1cc2nn(C3CCN(CC4CN(c5ccc6c(c5)C(=O)N(C5CCC(=O)NC5=O)C6=O)C4)C3)cc2cc1NC(=O)c1cnn2cccnc12. The fourth-order valence-electron chi connectivity index (χ4n) is 7.81. The summed E-state index contributed by atoms with van der Waals surface area (Å²) in [6.45, 7) is 4.39. The lowest BCUT2D eigenvalue weighted by atomic mass is 9.97. The zero-order valence-corrected chi connectivity index (χ0v) is 28.2. The molecule has 7 heterocycles. The molecule has 16 heteroatoms. The molecule has 4 aliphatic rings. The molecule has 0 saturated carbocycles. The Balaban J connectivity index is 0.819. The maximum absolute atomic E-state index is 13.3. The number of hydrogen-bond donors (Lipinski definition) is 2. The Hall–Kier alpha value is -6.16. The van der Waals surface area contributed by atoms with Crippen LogP contribution < -0.4 is 20.3 Å². The second-order valence-electron chi connectivity index (χ2n) is 13.8. The second kappa shape index (κ2) is 12.3. The number of carbonyl (C=O) groups excluding carboxylic acids is 5. The summed E-state index contributed by atoms with van der Waals surface area (Å²) in [6, 6.07) is 9.93. The first kappa shape index (κ1) is 31.8. The molecule has 2 aromatic carbocycles. The van der Waals surface area contributed by atoms with E-state index in [0.29, 0.717) is 34.1 Å². The molecule has 5 aromatic rings. The van der Waals surface area contributed by atoms with Crippen molar-refractivity contribution >= 4 is 57.5 Å². The molecule has 9 rings (SSSR count). The summed E-state index contributed by atoms with van der Waals surface area (Å²) in [4.78, 5) is 73.4. The van der Waals surface area contributed by atoms with E-state index >= 15 is 0 Å². The van der Waals surface area contributed by atoms with Crippen LogP contribution in [-0.4, -0.2) is 110 Å². The fourth-order valence-corrected chi connectivity index (χ4v) is 7.81. The number of carbonyl (C=O) groups is 5. The zero-order chi connectivity index (χ0) is 35.7. The lowest BCUT2D eigenvalue weighted by Gasteiger charge is -2.42. The van der Waals surface area contributed by atoms with Gasteiger partial charge in [-0.15, -0.1) is 0 Å². The molecule has 3 fully saturated rings. The van der Waals surface area contributed by atoms with E-state index < -0.39 is 29.7 Å². The van der Waals surface area contributed by atoms with Gasteiger partial charge in [0.1, 0.15) is 17.4 Å². The van der Waals surface area contributed by atoms with Crippen LogP contribution in [0, 0.1) is 5.92 Å². The van der Waals surface area contributed by atoms with E-state index in [1.54, 1.807) is 42.2 Å². The van der Waals surface area contributed by atoms with Crippen molar-refractivity contribution in [3.63, 3.8) is 0 Å². The minimum Gasteiger partial charge on any atom is -0.494 e. The highest BCUT2D eigenvalue weighted by atomic mass is 16.5. The number of anilines is 2. The lowest BCUT2D eigenvalue weighted by Crippen LogP contribution is -2.54. The highest BCUT2D eigenvalue weighted by Crippen LogP contribution is 2.35. The number of ether oxygens (including phenoxy) is 1. The molecular weight excluding hydrogens is 668 g/mol. The summed E-state index contributed by atoms with van der Waals surface area (Å²) in [7, 11) is 1.56. The number of amides is 5. The largest absolute Gasteiger partial charge is 0.494 e. The van der Waals surface area contributed by atoms with Crippen LogP contribution in [0.25, 0.3) is 16.6 Å². The molecular formula is C36H34N10O6. The van der Waals surface area contributed by atoms with Crippen LogP contribution >= 0.6 is 0 Å². The van der Waals surface area contributed by atoms with Crippen molar-refractivity contribution in [2.24, 2.45) is 5.92 Å². The molecule has 0 radical (unpaired) electrons. The minimum absolute atomic E-state index is 0.0857. The van der Waals surface area contributed by atoms with Gasteiger partial charge in [0.15, 0.2) is 5.65 Å². The van der Waals surface area contributed by atoms with Crippen molar-refractivity contribution in [1.82, 2.24) is 39.5 Å². The number of rotatable bonds is 8. The summed E-state index contributed by atoms with van der Waals surface area (Å²) in [5.41, 5.74) is 3.57. The Kier molecular flexibility index (Phi) is 7.50. The molecule has 0 bridgehead atoms. The molecule has 3 aromatic heterocycles. The van der Waals surface area contributed by atoms with Crippen LogP contribution in [0.1, 0.15) is 56.4 Å². The van der Waals surface area contributed by atoms with Crippen LogP contribution in [-0.2, 0) is 9.59 Å². The molecule has 16 nitrogen and oxygen atoms in total. The molecule has 0 aliphatic carbocycles. The third-order valence-corrected chi connectivity index (χ3v) is 10.5. The van der Waals surface area contributed by atoms with Crippen LogP contribution in [0.4, 0.5) is 11.4 Å². The van der Waals surface area contributed by atoms with Crippen molar-refractivity contribution in [2.45, 2.75) is 31.3 Å². The summed E-state index contributed by atoms with van der Waals surface area (Å²) >= 11 is 0. The average Bonchev–Trinajstić information content (AvgIpc) is 3.91. The van der Waals surface area contributed by atoms with Crippen molar-refractivity contribution in [3.05, 3.63) is 77.9 Å². The molecule has 5 amide bonds. The van der Waals surface area contributed by atoms with Gasteiger partial charge >= 0.3 is 0 Å². The molecule has 0 spiro atoms. The van der Waals surface area contributed by atoms with Gasteiger partial charge in [-0.25, -0.2) is 9.50 Å². The monoisotopic (exact) mass is 702 g/mol. The quantitative estimate of drug-likeness (QED) is 0.227. The van der Waals surface area contributed by atoms with E-state index in [-0.39, 0.29) is 30.4 Å². The standard InChI is InChI=1S/C36H34N10O6/c1-52-30-13-27-21(11-28(30)39-33(48)26-14-38-44-9-2-8-37-32(26)44)18-45(41-27)23-7-10-42(19-23)15-20-16-43(17-20)22-3-4-24-25(12-22)36(51)46(35(24)50)29-5-6-31(47)40-34(29)49/h2-4,8-9,11-14,18,20,23,29H,5-7,10,15-17,19H2,1H3,(H,39,48)(H,40,47,49). The van der Waals surface area contributed by atoms with Crippen molar-refractivity contribution in [1.29, 1.82) is 0 Å². The molecule has 264 valence electrons. The van der Waals surface area contributed by atoms with Crippen molar-refractivity contribution in [3.8, 4) is 5.75 Å². The van der Waals surface area contributed by atoms with Crippen LogP contribution in [0.5, 0.6) is 5.75 Å². The zero-order valence-electron chi connectivity index (χ0n) is 28.2. The molecule has 2 unspecified atom stereocenters. The first-order chi connectivity index (χ1) is 25.2. The van der Waals surface area contributed by atoms with Gasteiger partial charge in [0.25, 0.3) is 17.7 Å². The van der Waals surface area contributed by atoms with E-state index in [4.69, 9.17) is 9.84 Å². The number of fused-ring (bicyclic) bond motifs is 3. The number of aromatic nitrogens is 5. The predicted octanol–water partition coefficient (Wildman–Crippen LogP) is 2.12. The molecule has 3 saturated heterocycles. The highest BCUT2D eigenvalue weighted by molar-refractivity contribution is 6.23. The Morgan fingerprint density at radius 2 is 1.88 bits per heavy atom. The van der Waals surface area contributed by atoms with Gasteiger partial charge in [0.2, 0.25) is 11.8 Å². The Bertz CT molecular complexity index is 2330. The number of nitrogens with zero attached hydrogens (tertiary/aromatic N) is 8. The maximum atomic E-state index is 13.3. The van der Waals surface area contributed by atoms with Crippen molar-refractivity contribution < 1.29 is 28.7 Å². The minimum atomic E-state index is -0.979. The highest BCUT2D eigenvalue weighted by Gasteiger charge is 2.45. The van der Waals surface area contributed by atoms with Gasteiger partial charge in [-0.3, -0.25) is 38.9 Å². The fraction of sp³-hybridized carbons (Fsp3) is 0.333. The molecule has 4 aliphatic heterocycles. The van der Waals surface area contributed by atoms with Gasteiger partial charge in [-0.2, -0.15) is 10.2 Å². The lowest BCUT2D eigenvalue weighted by molar-refractivity contribution is -0.136. The van der Waals surface area contributed by atoms with Crippen LogP contribution in [0.2, 0.25) is 0 Å². The number of methoxy groups -OCH3 is 1. The Labute approximate surface area is 296 Å². The first-order valence-electron chi connectivity index (χ1n) is 17.2.